The van der Waals surface area contributed by atoms with Crippen LogP contribution in [0.25, 0.3) is 11.0 Å². The van der Waals surface area contributed by atoms with Gasteiger partial charge in [0, 0.05) is 0 Å². The summed E-state index contributed by atoms with van der Waals surface area (Å²) in [4.78, 5) is 13.5. The van der Waals surface area contributed by atoms with E-state index >= 15 is 0 Å². The molecule has 1 heterocycles. The zero-order valence-electron chi connectivity index (χ0n) is 20.7. The first-order chi connectivity index (χ1) is 16.7. The minimum Gasteiger partial charge on any atom is -0.392 e. The third-order valence-electron chi connectivity index (χ3n) is 6.74. The monoisotopic (exact) mass is 463 g/mol. The average Bonchev–Trinajstić information content (AvgIpc) is 3.30. The maximum Gasteiger partial charge on any atom is 0.254 e. The Balaban J connectivity index is 1.50. The van der Waals surface area contributed by atoms with Gasteiger partial charge in [0.05, 0.1) is 17.5 Å². The van der Waals surface area contributed by atoms with Crippen LogP contribution in [0.1, 0.15) is 94.3 Å². The van der Waals surface area contributed by atoms with Gasteiger partial charge in [0.25, 0.3) is 5.91 Å². The number of fused-ring (bicyclic) bond motifs is 1. The highest BCUT2D eigenvalue weighted by Gasteiger charge is 2.29. The molecule has 0 bridgehead atoms. The molecule has 1 aromatic heterocycles. The van der Waals surface area contributed by atoms with Crippen LogP contribution in [0.4, 0.5) is 0 Å². The van der Waals surface area contributed by atoms with E-state index in [-0.39, 0.29) is 5.91 Å². The molecule has 5 heteroatoms. The second-order valence-electron chi connectivity index (χ2n) is 9.52. The Labute approximate surface area is 204 Å². The van der Waals surface area contributed by atoms with Gasteiger partial charge in [-0.05, 0) is 30.5 Å². The van der Waals surface area contributed by atoms with Gasteiger partial charge in [0.1, 0.15) is 5.52 Å². The van der Waals surface area contributed by atoms with Crippen molar-refractivity contribution in [2.24, 2.45) is 5.92 Å². The van der Waals surface area contributed by atoms with Crippen LogP contribution in [0.5, 0.6) is 0 Å². The number of nitrogens with zero attached hydrogens (tertiary/aromatic N) is 3. The van der Waals surface area contributed by atoms with Crippen LogP contribution in [0.15, 0.2) is 54.6 Å². The summed E-state index contributed by atoms with van der Waals surface area (Å²) >= 11 is 0. The fourth-order valence-electron chi connectivity index (χ4n) is 4.66. The highest BCUT2D eigenvalue weighted by Crippen LogP contribution is 2.22. The molecular weight excluding hydrogens is 422 g/mol. The van der Waals surface area contributed by atoms with Crippen LogP contribution in [-0.4, -0.2) is 32.1 Å². The van der Waals surface area contributed by atoms with Crippen LogP contribution < -0.4 is 0 Å². The molecule has 0 radical (unpaired) electrons. The topological polar surface area (TPSA) is 68.0 Å². The number of aliphatic hydroxyl groups excluding tert-OH is 1. The van der Waals surface area contributed by atoms with E-state index in [4.69, 9.17) is 0 Å². The molecule has 2 atom stereocenters. The Hall–Kier alpha value is -2.53. The van der Waals surface area contributed by atoms with E-state index in [1.807, 2.05) is 54.6 Å². The van der Waals surface area contributed by atoms with Gasteiger partial charge in [-0.1, -0.05) is 125 Å². The van der Waals surface area contributed by atoms with Gasteiger partial charge >= 0.3 is 0 Å². The van der Waals surface area contributed by atoms with E-state index in [1.54, 1.807) is 0 Å². The predicted molar refractivity (Wildman–Crippen MR) is 139 cm³/mol. The average molecular weight is 464 g/mol. The molecule has 0 amide bonds. The molecule has 0 spiro atoms. The number of benzene rings is 2. The molecule has 0 fully saturated rings. The van der Waals surface area contributed by atoms with Gasteiger partial charge in [-0.3, -0.25) is 4.79 Å². The van der Waals surface area contributed by atoms with E-state index in [2.05, 4.69) is 17.2 Å². The van der Waals surface area contributed by atoms with Crippen LogP contribution in [0, 0.1) is 5.92 Å². The molecule has 2 aromatic carbocycles. The van der Waals surface area contributed by atoms with Gasteiger partial charge in [0.15, 0.2) is 0 Å². The zero-order chi connectivity index (χ0) is 24.0. The number of aliphatic hydroxyl groups is 1. The summed E-state index contributed by atoms with van der Waals surface area (Å²) in [6, 6.07) is 17.4. The third kappa shape index (κ3) is 8.05. The molecule has 3 aromatic rings. The van der Waals surface area contributed by atoms with E-state index in [1.165, 1.54) is 62.5 Å². The Bertz CT molecular complexity index is 970. The SMILES string of the molecule is CCCCCCCCCCCCC[C@H](O)[C@H](Cc1ccccc1)C(=O)n1nnc2ccccc21. The molecule has 34 heavy (non-hydrogen) atoms. The van der Waals surface area contributed by atoms with E-state index < -0.39 is 12.0 Å². The third-order valence-corrected chi connectivity index (χ3v) is 6.74. The maximum atomic E-state index is 13.5. The number of unbranched alkanes of at least 4 members (excludes halogenated alkanes) is 10. The highest BCUT2D eigenvalue weighted by molar-refractivity contribution is 5.90. The molecule has 0 saturated carbocycles. The van der Waals surface area contributed by atoms with E-state index in [9.17, 15) is 9.90 Å². The van der Waals surface area contributed by atoms with Gasteiger partial charge in [-0.25, -0.2) is 0 Å². The van der Waals surface area contributed by atoms with E-state index in [0.29, 0.717) is 23.9 Å². The molecule has 1 N–H and O–H groups in total. The molecule has 0 unspecified atom stereocenters. The zero-order valence-corrected chi connectivity index (χ0v) is 20.7. The number of hydrogen-bond acceptors (Lipinski definition) is 4. The first kappa shape index (κ1) is 26.1. The first-order valence-electron chi connectivity index (χ1n) is 13.3. The molecule has 0 aliphatic carbocycles. The highest BCUT2D eigenvalue weighted by atomic mass is 16.3. The van der Waals surface area contributed by atoms with Crippen molar-refractivity contribution in [3.8, 4) is 0 Å². The molecular formula is C29H41N3O2. The van der Waals surface area contributed by atoms with Gasteiger partial charge in [-0.15, -0.1) is 5.10 Å². The van der Waals surface area contributed by atoms with Crippen molar-refractivity contribution in [3.63, 3.8) is 0 Å². The second kappa shape index (κ2) is 14.7. The molecule has 0 saturated heterocycles. The minimum absolute atomic E-state index is 0.187. The molecule has 184 valence electrons. The fraction of sp³-hybridized carbons (Fsp3) is 0.552. The Morgan fingerprint density at radius 2 is 1.41 bits per heavy atom. The lowest BCUT2D eigenvalue weighted by atomic mass is 9.90. The number of aromatic nitrogens is 3. The van der Waals surface area contributed by atoms with Gasteiger partial charge in [-0.2, -0.15) is 4.68 Å². The lowest BCUT2D eigenvalue weighted by Crippen LogP contribution is -2.34. The summed E-state index contributed by atoms with van der Waals surface area (Å²) in [6.07, 6.45) is 14.4. The predicted octanol–water partition coefficient (Wildman–Crippen LogP) is 6.99. The van der Waals surface area contributed by atoms with Crippen molar-refractivity contribution in [3.05, 3.63) is 60.2 Å². The van der Waals surface area contributed by atoms with Crippen molar-refractivity contribution in [1.29, 1.82) is 0 Å². The van der Waals surface area contributed by atoms with E-state index in [0.717, 1.165) is 18.4 Å². The summed E-state index contributed by atoms with van der Waals surface area (Å²) in [6.45, 7) is 2.26. The standard InChI is InChI=1S/C29H41N3O2/c1-2-3-4-5-6-7-8-9-10-11-15-22-28(33)25(23-24-18-13-12-14-19-24)29(34)32-27-21-17-16-20-26(27)30-31-32/h12-14,16-21,25,28,33H,2-11,15,22-23H2,1H3/t25-,28-/m0/s1. The molecule has 5 nitrogen and oxygen atoms in total. The summed E-state index contributed by atoms with van der Waals surface area (Å²) in [5, 5.41) is 19.3. The van der Waals surface area contributed by atoms with Crippen LogP contribution in [0.3, 0.4) is 0 Å². The maximum absolute atomic E-state index is 13.5. The summed E-state index contributed by atoms with van der Waals surface area (Å²) in [7, 11) is 0. The van der Waals surface area contributed by atoms with Crippen molar-refractivity contribution in [2.45, 2.75) is 96.5 Å². The summed E-state index contributed by atoms with van der Waals surface area (Å²) in [5.41, 5.74) is 2.42. The normalized spacial score (nSPS) is 13.2. The van der Waals surface area contributed by atoms with Crippen molar-refractivity contribution in [2.75, 3.05) is 0 Å². The second-order valence-corrected chi connectivity index (χ2v) is 9.52. The number of hydrogen-bond donors (Lipinski definition) is 1. The number of carbonyl (C=O) groups is 1. The largest absolute Gasteiger partial charge is 0.392 e. The number of rotatable bonds is 16. The molecule has 3 rings (SSSR count). The van der Waals surface area contributed by atoms with Crippen molar-refractivity contribution >= 4 is 16.9 Å². The number of para-hydroxylation sites is 1. The quantitative estimate of drug-likeness (QED) is 0.232. The Morgan fingerprint density at radius 1 is 0.824 bits per heavy atom. The smallest absolute Gasteiger partial charge is 0.254 e. The fourth-order valence-corrected chi connectivity index (χ4v) is 4.66. The summed E-state index contributed by atoms with van der Waals surface area (Å²) in [5.74, 6) is -0.733. The van der Waals surface area contributed by atoms with Gasteiger partial charge in [0.2, 0.25) is 0 Å². The minimum atomic E-state index is -0.700. The van der Waals surface area contributed by atoms with Crippen LogP contribution in [-0.2, 0) is 6.42 Å². The van der Waals surface area contributed by atoms with Crippen molar-refractivity contribution in [1.82, 2.24) is 15.0 Å². The van der Waals surface area contributed by atoms with Crippen LogP contribution >= 0.6 is 0 Å². The molecule has 0 aliphatic rings. The Kier molecular flexibility index (Phi) is 11.3. The molecule has 0 aliphatic heterocycles. The first-order valence-corrected chi connectivity index (χ1v) is 13.3. The number of carbonyl (C=O) groups excluding carboxylic acids is 1. The lowest BCUT2D eigenvalue weighted by Gasteiger charge is -2.22. The van der Waals surface area contributed by atoms with Gasteiger partial charge < -0.3 is 5.11 Å². The Morgan fingerprint density at radius 3 is 2.09 bits per heavy atom. The van der Waals surface area contributed by atoms with Crippen molar-refractivity contribution < 1.29 is 9.90 Å². The van der Waals surface area contributed by atoms with Crippen LogP contribution in [0.2, 0.25) is 0 Å². The summed E-state index contributed by atoms with van der Waals surface area (Å²) < 4.78 is 1.37. The lowest BCUT2D eigenvalue weighted by molar-refractivity contribution is 0.0550.